The summed E-state index contributed by atoms with van der Waals surface area (Å²) in [6, 6.07) is 25.9. The lowest BCUT2D eigenvalue weighted by atomic mass is 10.0. The van der Waals surface area contributed by atoms with Gasteiger partial charge >= 0.3 is 5.97 Å². The average molecular weight is 467 g/mol. The number of nitrogens with one attached hydrogen (secondary N) is 1. The van der Waals surface area contributed by atoms with Crippen LogP contribution in [0.25, 0.3) is 22.2 Å². The number of nitrogens with zero attached hydrogens (tertiary/aromatic N) is 1. The summed E-state index contributed by atoms with van der Waals surface area (Å²) in [4.78, 5) is 41.2. The van der Waals surface area contributed by atoms with Gasteiger partial charge in [0.25, 0.3) is 0 Å². The summed E-state index contributed by atoms with van der Waals surface area (Å²) in [5, 5.41) is 3.44. The van der Waals surface area contributed by atoms with Gasteiger partial charge in [0.1, 0.15) is 0 Å². The molecule has 4 rings (SSSR count). The highest BCUT2D eigenvalue weighted by Crippen LogP contribution is 2.25. The fourth-order valence-electron chi connectivity index (χ4n) is 3.81. The van der Waals surface area contributed by atoms with Crippen molar-refractivity contribution in [3.63, 3.8) is 0 Å². The molecular formula is C29H26N2O4. The van der Waals surface area contributed by atoms with Gasteiger partial charge in [-0.25, -0.2) is 9.78 Å². The van der Waals surface area contributed by atoms with Crippen LogP contribution in [0.2, 0.25) is 0 Å². The Morgan fingerprint density at radius 1 is 0.886 bits per heavy atom. The van der Waals surface area contributed by atoms with Gasteiger partial charge in [-0.05, 0) is 30.5 Å². The van der Waals surface area contributed by atoms with E-state index in [2.05, 4.69) is 10.3 Å². The number of para-hydroxylation sites is 1. The highest BCUT2D eigenvalue weighted by atomic mass is 16.5. The van der Waals surface area contributed by atoms with E-state index in [0.29, 0.717) is 34.3 Å². The number of esters is 1. The number of rotatable bonds is 9. The van der Waals surface area contributed by atoms with E-state index in [1.165, 1.54) is 6.92 Å². The number of amides is 1. The monoisotopic (exact) mass is 466 g/mol. The number of hydrogen-bond acceptors (Lipinski definition) is 5. The van der Waals surface area contributed by atoms with Crippen molar-refractivity contribution in [1.29, 1.82) is 0 Å². The van der Waals surface area contributed by atoms with Crippen LogP contribution >= 0.6 is 0 Å². The maximum atomic E-state index is 13.0. The zero-order valence-corrected chi connectivity index (χ0v) is 19.5. The number of ketones is 1. The molecule has 0 radical (unpaired) electrons. The third-order valence-electron chi connectivity index (χ3n) is 5.63. The molecule has 4 aromatic rings. The van der Waals surface area contributed by atoms with Crippen LogP contribution in [0.5, 0.6) is 0 Å². The van der Waals surface area contributed by atoms with Crippen molar-refractivity contribution in [2.75, 3.05) is 13.2 Å². The van der Waals surface area contributed by atoms with E-state index in [0.717, 1.165) is 24.0 Å². The van der Waals surface area contributed by atoms with E-state index in [9.17, 15) is 14.4 Å². The van der Waals surface area contributed by atoms with Crippen molar-refractivity contribution in [3.8, 4) is 11.3 Å². The summed E-state index contributed by atoms with van der Waals surface area (Å²) in [5.74, 6) is -0.884. The number of pyridine rings is 1. The standard InChI is InChI=1S/C29H26N2O4/c1-20(32)30-17-7-8-21-13-15-23(16-14-21)28(33)19-35-29(34)25-18-27(22-9-3-2-4-10-22)31-26-12-6-5-11-24(25)26/h2-6,9-16,18H,7-8,17,19H2,1H3,(H,30,32). The highest BCUT2D eigenvalue weighted by Gasteiger charge is 2.17. The Labute approximate surface area is 204 Å². The Morgan fingerprint density at radius 2 is 1.60 bits per heavy atom. The second-order valence-corrected chi connectivity index (χ2v) is 8.22. The van der Waals surface area contributed by atoms with Gasteiger partial charge in [-0.1, -0.05) is 72.8 Å². The molecule has 0 aliphatic carbocycles. The Bertz CT molecular complexity index is 1350. The van der Waals surface area contributed by atoms with Gasteiger partial charge in [-0.15, -0.1) is 0 Å². The van der Waals surface area contributed by atoms with E-state index in [4.69, 9.17) is 4.74 Å². The van der Waals surface area contributed by atoms with Crippen LogP contribution in [0.15, 0.2) is 84.9 Å². The maximum absolute atomic E-state index is 13.0. The van der Waals surface area contributed by atoms with Crippen LogP contribution in [0.3, 0.4) is 0 Å². The summed E-state index contributed by atoms with van der Waals surface area (Å²) in [5.41, 5.74) is 4.16. The molecule has 176 valence electrons. The molecule has 0 unspecified atom stereocenters. The third-order valence-corrected chi connectivity index (χ3v) is 5.63. The molecule has 0 saturated carbocycles. The first-order valence-corrected chi connectivity index (χ1v) is 11.5. The van der Waals surface area contributed by atoms with Gasteiger partial charge in [0.15, 0.2) is 12.4 Å². The summed E-state index contributed by atoms with van der Waals surface area (Å²) in [6.07, 6.45) is 1.61. The first-order valence-electron chi connectivity index (χ1n) is 11.5. The molecule has 0 spiro atoms. The summed E-state index contributed by atoms with van der Waals surface area (Å²) >= 11 is 0. The molecule has 1 amide bonds. The Morgan fingerprint density at radius 3 is 2.34 bits per heavy atom. The molecule has 0 fully saturated rings. The molecule has 0 atom stereocenters. The van der Waals surface area contributed by atoms with E-state index in [-0.39, 0.29) is 18.3 Å². The molecule has 1 aromatic heterocycles. The van der Waals surface area contributed by atoms with Gasteiger partial charge in [-0.2, -0.15) is 0 Å². The van der Waals surface area contributed by atoms with Crippen molar-refractivity contribution >= 4 is 28.6 Å². The summed E-state index contributed by atoms with van der Waals surface area (Å²) in [7, 11) is 0. The first-order chi connectivity index (χ1) is 17.0. The van der Waals surface area contributed by atoms with E-state index in [1.54, 1.807) is 18.2 Å². The average Bonchev–Trinajstić information content (AvgIpc) is 2.89. The summed E-state index contributed by atoms with van der Waals surface area (Å²) < 4.78 is 5.42. The van der Waals surface area contributed by atoms with Crippen molar-refractivity contribution in [3.05, 3.63) is 102 Å². The second-order valence-electron chi connectivity index (χ2n) is 8.22. The fourth-order valence-corrected chi connectivity index (χ4v) is 3.81. The van der Waals surface area contributed by atoms with E-state index >= 15 is 0 Å². The number of carbonyl (C=O) groups is 3. The van der Waals surface area contributed by atoms with Crippen LogP contribution in [-0.2, 0) is 16.0 Å². The number of Topliss-reactive ketones (excluding diaryl/α,β-unsaturated/α-hetero) is 1. The number of aromatic nitrogens is 1. The molecule has 1 N–H and O–H groups in total. The number of aryl methyl sites for hydroxylation is 1. The van der Waals surface area contributed by atoms with Gasteiger partial charge < -0.3 is 10.1 Å². The molecule has 0 bridgehead atoms. The lowest BCUT2D eigenvalue weighted by Gasteiger charge is -2.10. The van der Waals surface area contributed by atoms with Crippen LogP contribution in [0.4, 0.5) is 0 Å². The first kappa shape index (κ1) is 23.8. The molecule has 0 aliphatic heterocycles. The minimum absolute atomic E-state index is 0.0449. The van der Waals surface area contributed by atoms with Crippen LogP contribution in [0.1, 0.15) is 39.6 Å². The molecule has 0 saturated heterocycles. The Balaban J connectivity index is 1.43. The van der Waals surface area contributed by atoms with Crippen molar-refractivity contribution < 1.29 is 19.1 Å². The van der Waals surface area contributed by atoms with Gasteiger partial charge in [-0.3, -0.25) is 9.59 Å². The SMILES string of the molecule is CC(=O)NCCCc1ccc(C(=O)COC(=O)c2cc(-c3ccccc3)nc3ccccc23)cc1. The number of carbonyl (C=O) groups excluding carboxylic acids is 3. The molecule has 0 aliphatic rings. The molecule has 6 heteroatoms. The zero-order valence-electron chi connectivity index (χ0n) is 19.5. The largest absolute Gasteiger partial charge is 0.454 e. The van der Waals surface area contributed by atoms with Crippen molar-refractivity contribution in [2.24, 2.45) is 0 Å². The number of hydrogen-bond donors (Lipinski definition) is 1. The highest BCUT2D eigenvalue weighted by molar-refractivity contribution is 6.06. The smallest absolute Gasteiger partial charge is 0.339 e. The van der Waals surface area contributed by atoms with Crippen molar-refractivity contribution in [2.45, 2.75) is 19.8 Å². The lowest BCUT2D eigenvalue weighted by Crippen LogP contribution is -2.21. The van der Waals surface area contributed by atoms with Crippen molar-refractivity contribution in [1.82, 2.24) is 10.3 Å². The minimum atomic E-state index is -0.566. The topological polar surface area (TPSA) is 85.4 Å². The molecular weight excluding hydrogens is 440 g/mol. The quantitative estimate of drug-likeness (QED) is 0.213. The molecule has 1 heterocycles. The maximum Gasteiger partial charge on any atom is 0.339 e. The lowest BCUT2D eigenvalue weighted by molar-refractivity contribution is -0.118. The van der Waals surface area contributed by atoms with Gasteiger partial charge in [0.2, 0.25) is 5.91 Å². The van der Waals surface area contributed by atoms with E-state index in [1.807, 2.05) is 66.7 Å². The fraction of sp³-hybridized carbons (Fsp3) is 0.172. The van der Waals surface area contributed by atoms with Crippen LogP contribution < -0.4 is 5.32 Å². The third kappa shape index (κ3) is 6.18. The van der Waals surface area contributed by atoms with E-state index < -0.39 is 5.97 Å². The normalized spacial score (nSPS) is 10.7. The molecule has 3 aromatic carbocycles. The van der Waals surface area contributed by atoms with Gasteiger partial charge in [0.05, 0.1) is 16.8 Å². The minimum Gasteiger partial charge on any atom is -0.454 e. The number of ether oxygens (including phenoxy) is 1. The Hall–Kier alpha value is -4.32. The molecule has 35 heavy (non-hydrogen) atoms. The second kappa shape index (κ2) is 11.2. The predicted molar refractivity (Wildman–Crippen MR) is 135 cm³/mol. The zero-order chi connectivity index (χ0) is 24.6. The number of benzene rings is 3. The number of fused-ring (bicyclic) bond motifs is 1. The Kier molecular flexibility index (Phi) is 7.63. The van der Waals surface area contributed by atoms with Crippen LogP contribution in [-0.4, -0.2) is 35.8 Å². The molecule has 6 nitrogen and oxygen atoms in total. The summed E-state index contributed by atoms with van der Waals surface area (Å²) in [6.45, 7) is 1.76. The van der Waals surface area contributed by atoms with Crippen LogP contribution in [0, 0.1) is 0 Å². The van der Waals surface area contributed by atoms with Gasteiger partial charge in [0, 0.05) is 30.0 Å². The predicted octanol–water partition coefficient (Wildman–Crippen LogP) is 5.01.